The van der Waals surface area contributed by atoms with Crippen LogP contribution in [0.5, 0.6) is 5.75 Å². The van der Waals surface area contributed by atoms with E-state index in [4.69, 9.17) is 0 Å². The highest BCUT2D eigenvalue weighted by Gasteiger charge is 2.34. The quantitative estimate of drug-likeness (QED) is 0.861. The van der Waals surface area contributed by atoms with Gasteiger partial charge >= 0.3 is 0 Å². The minimum atomic E-state index is -0.334. The van der Waals surface area contributed by atoms with Gasteiger partial charge in [-0.3, -0.25) is 0 Å². The fourth-order valence-electron chi connectivity index (χ4n) is 3.09. The Balaban J connectivity index is 2.00. The zero-order chi connectivity index (χ0) is 13.9. The number of phenols is 1. The van der Waals surface area contributed by atoms with E-state index in [0.717, 1.165) is 19.4 Å². The van der Waals surface area contributed by atoms with Crippen LogP contribution in [0.3, 0.4) is 0 Å². The Hall–Kier alpha value is -1.13. The van der Waals surface area contributed by atoms with E-state index in [1.54, 1.807) is 0 Å². The Morgan fingerprint density at radius 1 is 1.32 bits per heavy atom. The maximum Gasteiger partial charge on any atom is 0.123 e. The molecule has 2 rings (SSSR count). The Morgan fingerprint density at radius 2 is 2.00 bits per heavy atom. The fourth-order valence-corrected chi connectivity index (χ4v) is 3.09. The molecule has 2 N–H and O–H groups in total. The number of benzene rings is 1. The normalized spacial score (nSPS) is 18.1. The van der Waals surface area contributed by atoms with Gasteiger partial charge in [0.15, 0.2) is 0 Å². The summed E-state index contributed by atoms with van der Waals surface area (Å²) in [5, 5.41) is 19.3. The number of rotatable bonds is 5. The highest BCUT2D eigenvalue weighted by Crippen LogP contribution is 2.38. The Morgan fingerprint density at radius 3 is 2.63 bits per heavy atom. The molecule has 4 heteroatoms. The molecule has 0 aliphatic heterocycles. The SMILES string of the molecule is CN(Cc1cc(F)ccc1O)CC1(CO)CCCC1. The molecule has 0 saturated heterocycles. The molecule has 0 amide bonds. The topological polar surface area (TPSA) is 43.7 Å². The van der Waals surface area contributed by atoms with E-state index in [0.29, 0.717) is 12.1 Å². The molecule has 1 aliphatic rings. The largest absolute Gasteiger partial charge is 0.508 e. The van der Waals surface area contributed by atoms with E-state index < -0.39 is 0 Å². The van der Waals surface area contributed by atoms with Crippen LogP contribution < -0.4 is 0 Å². The third-order valence-corrected chi connectivity index (χ3v) is 4.09. The van der Waals surface area contributed by atoms with Gasteiger partial charge in [-0.15, -0.1) is 0 Å². The molecule has 0 aromatic heterocycles. The van der Waals surface area contributed by atoms with Crippen LogP contribution in [0, 0.1) is 11.2 Å². The molecule has 1 aliphatic carbocycles. The van der Waals surface area contributed by atoms with Crippen LogP contribution in [0.15, 0.2) is 18.2 Å². The van der Waals surface area contributed by atoms with Crippen LogP contribution in [0.25, 0.3) is 0 Å². The van der Waals surface area contributed by atoms with Gasteiger partial charge in [0.05, 0.1) is 0 Å². The van der Waals surface area contributed by atoms with E-state index >= 15 is 0 Å². The van der Waals surface area contributed by atoms with Crippen molar-refractivity contribution in [2.75, 3.05) is 20.2 Å². The molecule has 19 heavy (non-hydrogen) atoms. The monoisotopic (exact) mass is 267 g/mol. The van der Waals surface area contributed by atoms with E-state index in [1.165, 1.54) is 31.0 Å². The average molecular weight is 267 g/mol. The maximum atomic E-state index is 13.2. The first-order valence-corrected chi connectivity index (χ1v) is 6.81. The van der Waals surface area contributed by atoms with Gasteiger partial charge in [0.25, 0.3) is 0 Å². The number of aromatic hydroxyl groups is 1. The summed E-state index contributed by atoms with van der Waals surface area (Å²) >= 11 is 0. The Kier molecular flexibility index (Phi) is 4.42. The van der Waals surface area contributed by atoms with E-state index in [1.807, 2.05) is 7.05 Å². The standard InChI is InChI=1S/C15H22FNO2/c1-17(10-15(11-18)6-2-3-7-15)9-12-8-13(16)4-5-14(12)19/h4-5,8,18-19H,2-3,6-7,9-11H2,1H3. The zero-order valence-electron chi connectivity index (χ0n) is 11.4. The summed E-state index contributed by atoms with van der Waals surface area (Å²) in [6.45, 7) is 1.47. The van der Waals surface area contributed by atoms with Crippen LogP contribution in [-0.4, -0.2) is 35.3 Å². The lowest BCUT2D eigenvalue weighted by Crippen LogP contribution is -2.36. The molecular weight excluding hydrogens is 245 g/mol. The third-order valence-electron chi connectivity index (χ3n) is 4.09. The van der Waals surface area contributed by atoms with Crippen molar-refractivity contribution in [3.63, 3.8) is 0 Å². The van der Waals surface area contributed by atoms with Crippen LogP contribution in [-0.2, 0) is 6.54 Å². The summed E-state index contributed by atoms with van der Waals surface area (Å²) in [4.78, 5) is 2.05. The number of aliphatic hydroxyl groups is 1. The Bertz CT molecular complexity index is 430. The van der Waals surface area contributed by atoms with Crippen molar-refractivity contribution < 1.29 is 14.6 Å². The average Bonchev–Trinajstić information content (AvgIpc) is 2.83. The third kappa shape index (κ3) is 3.45. The Labute approximate surface area is 113 Å². The lowest BCUT2D eigenvalue weighted by molar-refractivity contribution is 0.0860. The van der Waals surface area contributed by atoms with Crippen LogP contribution >= 0.6 is 0 Å². The summed E-state index contributed by atoms with van der Waals surface area (Å²) in [6.07, 6.45) is 4.42. The molecule has 3 nitrogen and oxygen atoms in total. The first-order valence-electron chi connectivity index (χ1n) is 6.81. The predicted octanol–water partition coefficient (Wildman–Crippen LogP) is 2.52. The minimum Gasteiger partial charge on any atom is -0.508 e. The number of halogens is 1. The van der Waals surface area contributed by atoms with Crippen molar-refractivity contribution in [3.05, 3.63) is 29.6 Å². The summed E-state index contributed by atoms with van der Waals surface area (Å²) in [5.41, 5.74) is 0.575. The van der Waals surface area contributed by atoms with Gasteiger partial charge in [-0.1, -0.05) is 12.8 Å². The van der Waals surface area contributed by atoms with Crippen LogP contribution in [0.4, 0.5) is 4.39 Å². The number of nitrogens with zero attached hydrogens (tertiary/aromatic N) is 1. The lowest BCUT2D eigenvalue weighted by atomic mass is 9.86. The van der Waals surface area contributed by atoms with E-state index in [9.17, 15) is 14.6 Å². The summed E-state index contributed by atoms with van der Waals surface area (Å²) in [6, 6.07) is 4.01. The molecule has 1 saturated carbocycles. The lowest BCUT2D eigenvalue weighted by Gasteiger charge is -2.32. The van der Waals surface area contributed by atoms with Crippen LogP contribution in [0.2, 0.25) is 0 Å². The number of hydrogen-bond donors (Lipinski definition) is 2. The van der Waals surface area contributed by atoms with Gasteiger partial charge in [-0.25, -0.2) is 4.39 Å². The molecule has 0 heterocycles. The van der Waals surface area contributed by atoms with Gasteiger partial charge in [-0.05, 0) is 38.1 Å². The van der Waals surface area contributed by atoms with Gasteiger partial charge in [0, 0.05) is 30.7 Å². The van der Waals surface area contributed by atoms with Crippen molar-refractivity contribution in [1.29, 1.82) is 0 Å². The number of hydrogen-bond acceptors (Lipinski definition) is 3. The van der Waals surface area contributed by atoms with E-state index in [-0.39, 0.29) is 23.6 Å². The van der Waals surface area contributed by atoms with Crippen LogP contribution in [0.1, 0.15) is 31.2 Å². The first kappa shape index (κ1) is 14.3. The molecule has 0 spiro atoms. The minimum absolute atomic E-state index is 0.0162. The predicted molar refractivity (Wildman–Crippen MR) is 72.4 cm³/mol. The molecule has 1 aromatic rings. The number of phenolic OH excluding ortho intramolecular Hbond substituents is 1. The highest BCUT2D eigenvalue weighted by atomic mass is 19.1. The van der Waals surface area contributed by atoms with Crippen molar-refractivity contribution in [3.8, 4) is 5.75 Å². The van der Waals surface area contributed by atoms with Gasteiger partial charge in [0.2, 0.25) is 0 Å². The van der Waals surface area contributed by atoms with Crippen molar-refractivity contribution in [2.45, 2.75) is 32.2 Å². The second kappa shape index (κ2) is 5.88. The molecule has 1 fully saturated rings. The first-order chi connectivity index (χ1) is 9.04. The van der Waals surface area contributed by atoms with Gasteiger partial charge < -0.3 is 15.1 Å². The fraction of sp³-hybridized carbons (Fsp3) is 0.600. The second-order valence-corrected chi connectivity index (χ2v) is 5.81. The summed E-state index contributed by atoms with van der Waals surface area (Å²) in [7, 11) is 1.94. The van der Waals surface area contributed by atoms with Gasteiger partial charge in [0.1, 0.15) is 11.6 Å². The highest BCUT2D eigenvalue weighted by molar-refractivity contribution is 5.32. The molecular formula is C15H22FNO2. The summed E-state index contributed by atoms with van der Waals surface area (Å²) in [5.74, 6) is -0.211. The number of aliphatic hydroxyl groups excluding tert-OH is 1. The molecule has 0 unspecified atom stereocenters. The van der Waals surface area contributed by atoms with Crippen molar-refractivity contribution >= 4 is 0 Å². The summed E-state index contributed by atoms with van der Waals surface area (Å²) < 4.78 is 13.2. The second-order valence-electron chi connectivity index (χ2n) is 5.81. The molecule has 0 radical (unpaired) electrons. The van der Waals surface area contributed by atoms with Gasteiger partial charge in [-0.2, -0.15) is 0 Å². The zero-order valence-corrected chi connectivity index (χ0v) is 11.4. The molecule has 106 valence electrons. The molecule has 1 aromatic carbocycles. The van der Waals surface area contributed by atoms with E-state index in [2.05, 4.69) is 4.90 Å². The molecule has 0 bridgehead atoms. The maximum absolute atomic E-state index is 13.2. The molecule has 0 atom stereocenters. The smallest absolute Gasteiger partial charge is 0.123 e. The van der Waals surface area contributed by atoms with Crippen molar-refractivity contribution in [2.24, 2.45) is 5.41 Å². The van der Waals surface area contributed by atoms with Crippen molar-refractivity contribution in [1.82, 2.24) is 4.90 Å².